The average Bonchev–Trinajstić information content (AvgIpc) is 3.29. The van der Waals surface area contributed by atoms with Crippen molar-refractivity contribution < 1.29 is 19.1 Å². The summed E-state index contributed by atoms with van der Waals surface area (Å²) in [6.45, 7) is 0.346. The molecule has 30 heavy (non-hydrogen) atoms. The number of aliphatic hydroxyl groups is 1. The lowest BCUT2D eigenvalue weighted by Crippen LogP contribution is -2.11. The summed E-state index contributed by atoms with van der Waals surface area (Å²) in [5, 5.41) is 12.0. The molecule has 5 heteroatoms. The Morgan fingerprint density at radius 3 is 2.27 bits per heavy atom. The van der Waals surface area contributed by atoms with Gasteiger partial charge < -0.3 is 19.6 Å². The molecule has 0 radical (unpaired) electrons. The second kappa shape index (κ2) is 9.11. The predicted molar refractivity (Wildman–Crippen MR) is 115 cm³/mol. The largest absolute Gasteiger partial charge is 0.489 e. The number of amides is 1. The first kappa shape index (κ1) is 19.5. The number of furan rings is 1. The molecule has 0 saturated heterocycles. The fraction of sp³-hybridized carbons (Fsp3) is 0.0800. The Morgan fingerprint density at radius 2 is 1.60 bits per heavy atom. The number of aliphatic hydroxyl groups excluding tert-OH is 1. The van der Waals surface area contributed by atoms with Gasteiger partial charge in [-0.25, -0.2) is 0 Å². The van der Waals surface area contributed by atoms with Gasteiger partial charge in [0.25, 0.3) is 5.91 Å². The van der Waals surface area contributed by atoms with E-state index in [9.17, 15) is 4.79 Å². The van der Waals surface area contributed by atoms with Crippen LogP contribution in [0.1, 0.15) is 21.7 Å². The Kier molecular flexibility index (Phi) is 5.92. The second-order valence-electron chi connectivity index (χ2n) is 6.75. The summed E-state index contributed by atoms with van der Waals surface area (Å²) in [4.78, 5) is 12.5. The van der Waals surface area contributed by atoms with E-state index in [2.05, 4.69) is 5.32 Å². The van der Waals surface area contributed by atoms with Crippen LogP contribution in [0.5, 0.6) is 5.75 Å². The highest BCUT2D eigenvalue weighted by atomic mass is 16.5. The average molecular weight is 399 g/mol. The van der Waals surface area contributed by atoms with Crippen LogP contribution in [0.3, 0.4) is 0 Å². The van der Waals surface area contributed by atoms with Crippen molar-refractivity contribution in [2.45, 2.75) is 13.2 Å². The van der Waals surface area contributed by atoms with E-state index in [1.807, 2.05) is 54.6 Å². The monoisotopic (exact) mass is 399 g/mol. The number of carbonyl (C=O) groups is 1. The van der Waals surface area contributed by atoms with Gasteiger partial charge in [-0.1, -0.05) is 30.3 Å². The smallest absolute Gasteiger partial charge is 0.255 e. The van der Waals surface area contributed by atoms with Crippen molar-refractivity contribution in [3.8, 4) is 17.1 Å². The number of rotatable bonds is 7. The SMILES string of the molecule is O=C(Nc1ccc(-c2ccc(CO)o2)cc1)c1ccc(OCc2ccccc2)cc1. The van der Waals surface area contributed by atoms with Gasteiger partial charge in [0, 0.05) is 16.8 Å². The first-order chi connectivity index (χ1) is 14.7. The Morgan fingerprint density at radius 1 is 0.867 bits per heavy atom. The molecule has 5 nitrogen and oxygen atoms in total. The van der Waals surface area contributed by atoms with Gasteiger partial charge in [-0.3, -0.25) is 4.79 Å². The van der Waals surface area contributed by atoms with Crippen molar-refractivity contribution in [2.75, 3.05) is 5.32 Å². The van der Waals surface area contributed by atoms with E-state index in [4.69, 9.17) is 14.3 Å². The van der Waals surface area contributed by atoms with Crippen molar-refractivity contribution in [3.63, 3.8) is 0 Å². The van der Waals surface area contributed by atoms with Gasteiger partial charge in [0.2, 0.25) is 0 Å². The summed E-state index contributed by atoms with van der Waals surface area (Å²) < 4.78 is 11.3. The van der Waals surface area contributed by atoms with Crippen molar-refractivity contribution in [1.82, 2.24) is 0 Å². The molecule has 0 atom stereocenters. The Labute approximate surface area is 174 Å². The first-order valence-electron chi connectivity index (χ1n) is 9.59. The van der Waals surface area contributed by atoms with Crippen molar-refractivity contribution in [1.29, 1.82) is 0 Å². The van der Waals surface area contributed by atoms with E-state index in [1.54, 1.807) is 36.4 Å². The zero-order valence-corrected chi connectivity index (χ0v) is 16.2. The normalized spacial score (nSPS) is 10.6. The van der Waals surface area contributed by atoms with E-state index < -0.39 is 0 Å². The van der Waals surface area contributed by atoms with Gasteiger partial charge in [-0.15, -0.1) is 0 Å². The Bertz CT molecular complexity index is 1100. The number of hydrogen-bond acceptors (Lipinski definition) is 4. The fourth-order valence-electron chi connectivity index (χ4n) is 2.98. The highest BCUT2D eigenvalue weighted by Gasteiger charge is 2.08. The van der Waals surface area contributed by atoms with Gasteiger partial charge in [0.1, 0.15) is 30.5 Å². The number of benzene rings is 3. The Hall–Kier alpha value is -3.83. The molecule has 0 bridgehead atoms. The quantitative estimate of drug-likeness (QED) is 0.444. The molecule has 1 aromatic heterocycles. The van der Waals surface area contributed by atoms with Crippen molar-refractivity contribution in [3.05, 3.63) is 108 Å². The molecule has 0 saturated carbocycles. The third-order valence-electron chi connectivity index (χ3n) is 4.61. The highest BCUT2D eigenvalue weighted by Crippen LogP contribution is 2.24. The second-order valence-corrected chi connectivity index (χ2v) is 6.75. The lowest BCUT2D eigenvalue weighted by Gasteiger charge is -2.08. The van der Waals surface area contributed by atoms with E-state index in [0.717, 1.165) is 11.1 Å². The van der Waals surface area contributed by atoms with Gasteiger partial charge in [-0.2, -0.15) is 0 Å². The molecule has 1 amide bonds. The standard InChI is InChI=1S/C25H21NO4/c27-16-23-14-15-24(30-23)19-6-10-21(11-7-19)26-25(28)20-8-12-22(13-9-20)29-17-18-4-2-1-3-5-18/h1-15,27H,16-17H2,(H,26,28). The summed E-state index contributed by atoms with van der Waals surface area (Å²) in [7, 11) is 0. The van der Waals surface area contributed by atoms with Crippen LogP contribution in [-0.4, -0.2) is 11.0 Å². The molecule has 0 spiro atoms. The van der Waals surface area contributed by atoms with Gasteiger partial charge in [0.15, 0.2) is 0 Å². The third-order valence-corrected chi connectivity index (χ3v) is 4.61. The molecular formula is C25H21NO4. The van der Waals surface area contributed by atoms with E-state index in [0.29, 0.717) is 35.1 Å². The molecule has 0 aliphatic carbocycles. The lowest BCUT2D eigenvalue weighted by molar-refractivity contribution is 0.102. The fourth-order valence-corrected chi connectivity index (χ4v) is 2.98. The van der Waals surface area contributed by atoms with Crippen LogP contribution in [0.25, 0.3) is 11.3 Å². The maximum absolute atomic E-state index is 12.5. The summed E-state index contributed by atoms with van der Waals surface area (Å²) in [6.07, 6.45) is 0. The number of ether oxygens (including phenoxy) is 1. The van der Waals surface area contributed by atoms with E-state index >= 15 is 0 Å². The lowest BCUT2D eigenvalue weighted by atomic mass is 10.1. The molecule has 1 heterocycles. The maximum Gasteiger partial charge on any atom is 0.255 e. The summed E-state index contributed by atoms with van der Waals surface area (Å²) in [5.41, 5.74) is 3.18. The van der Waals surface area contributed by atoms with Gasteiger partial charge >= 0.3 is 0 Å². The number of anilines is 1. The topological polar surface area (TPSA) is 71.7 Å². The molecule has 150 valence electrons. The van der Waals surface area contributed by atoms with Crippen LogP contribution in [0.15, 0.2) is 95.4 Å². The molecule has 4 aromatic rings. The number of hydrogen-bond donors (Lipinski definition) is 2. The van der Waals surface area contributed by atoms with Crippen LogP contribution < -0.4 is 10.1 Å². The zero-order valence-electron chi connectivity index (χ0n) is 16.2. The molecular weight excluding hydrogens is 378 g/mol. The van der Waals surface area contributed by atoms with Crippen LogP contribution in [0.4, 0.5) is 5.69 Å². The van der Waals surface area contributed by atoms with Gasteiger partial charge in [0.05, 0.1) is 0 Å². The van der Waals surface area contributed by atoms with Crippen LogP contribution >= 0.6 is 0 Å². The van der Waals surface area contributed by atoms with E-state index in [1.165, 1.54) is 0 Å². The first-order valence-corrected chi connectivity index (χ1v) is 9.59. The molecule has 0 unspecified atom stereocenters. The predicted octanol–water partition coefficient (Wildman–Crippen LogP) is 5.27. The minimum Gasteiger partial charge on any atom is -0.489 e. The van der Waals surface area contributed by atoms with E-state index in [-0.39, 0.29) is 12.5 Å². The van der Waals surface area contributed by atoms with Crippen LogP contribution in [0.2, 0.25) is 0 Å². The Balaban J connectivity index is 1.35. The molecule has 0 aliphatic heterocycles. The third kappa shape index (κ3) is 4.77. The molecule has 4 rings (SSSR count). The van der Waals surface area contributed by atoms with Crippen molar-refractivity contribution >= 4 is 11.6 Å². The van der Waals surface area contributed by atoms with Crippen LogP contribution in [-0.2, 0) is 13.2 Å². The maximum atomic E-state index is 12.5. The zero-order chi connectivity index (χ0) is 20.8. The van der Waals surface area contributed by atoms with Crippen molar-refractivity contribution in [2.24, 2.45) is 0 Å². The summed E-state index contributed by atoms with van der Waals surface area (Å²) in [5.74, 6) is 1.69. The minimum atomic E-state index is -0.196. The minimum absolute atomic E-state index is 0.135. The molecule has 3 aromatic carbocycles. The van der Waals surface area contributed by atoms with Crippen LogP contribution in [0, 0.1) is 0 Å². The summed E-state index contributed by atoms with van der Waals surface area (Å²) in [6, 6.07) is 27.9. The van der Waals surface area contributed by atoms with Gasteiger partial charge in [-0.05, 0) is 66.2 Å². The highest BCUT2D eigenvalue weighted by molar-refractivity contribution is 6.04. The number of carbonyl (C=O) groups excluding carboxylic acids is 1. The summed E-state index contributed by atoms with van der Waals surface area (Å²) >= 11 is 0. The molecule has 0 aliphatic rings. The molecule has 2 N–H and O–H groups in total. The molecule has 0 fully saturated rings. The number of nitrogens with one attached hydrogen (secondary N) is 1.